The van der Waals surface area contributed by atoms with Gasteiger partial charge < -0.3 is 10.0 Å². The van der Waals surface area contributed by atoms with Crippen LogP contribution in [0.1, 0.15) is 33.1 Å². The quantitative estimate of drug-likeness (QED) is 0.692. The van der Waals surface area contributed by atoms with Crippen LogP contribution in [0.2, 0.25) is 0 Å². The largest absolute Gasteiger partial charge is 0.391 e. The Bertz CT molecular complexity index is 150. The summed E-state index contributed by atoms with van der Waals surface area (Å²) in [5.74, 6) is 0.805. The molecule has 0 aromatic rings. The minimum absolute atomic E-state index is 0.0808. The number of rotatable bonds is 4. The van der Waals surface area contributed by atoms with Gasteiger partial charge in [-0.25, -0.2) is 0 Å². The van der Waals surface area contributed by atoms with Crippen LogP contribution in [0.4, 0.5) is 0 Å². The SMILES string of the molecule is CN(C)C(C)(C)C(O)CC1CC1. The predicted molar refractivity (Wildman–Crippen MR) is 51.1 cm³/mol. The van der Waals surface area contributed by atoms with Gasteiger partial charge in [0.05, 0.1) is 6.10 Å². The topological polar surface area (TPSA) is 23.5 Å². The zero-order valence-electron chi connectivity index (χ0n) is 8.67. The van der Waals surface area contributed by atoms with Crippen molar-refractivity contribution in [3.05, 3.63) is 0 Å². The average Bonchev–Trinajstić information content (AvgIpc) is 2.71. The highest BCUT2D eigenvalue weighted by Crippen LogP contribution is 2.36. The van der Waals surface area contributed by atoms with Crippen LogP contribution in [0.15, 0.2) is 0 Å². The second-order valence-electron chi connectivity index (χ2n) is 4.74. The molecule has 1 unspecified atom stereocenters. The molecule has 0 spiro atoms. The predicted octanol–water partition coefficient (Wildman–Crippen LogP) is 1.49. The van der Waals surface area contributed by atoms with Gasteiger partial charge in [-0.15, -0.1) is 0 Å². The van der Waals surface area contributed by atoms with E-state index in [1.807, 2.05) is 14.1 Å². The van der Waals surface area contributed by atoms with E-state index in [0.29, 0.717) is 0 Å². The summed E-state index contributed by atoms with van der Waals surface area (Å²) in [6.45, 7) is 4.19. The second-order valence-corrected chi connectivity index (χ2v) is 4.74. The van der Waals surface area contributed by atoms with Crippen molar-refractivity contribution in [1.82, 2.24) is 4.90 Å². The van der Waals surface area contributed by atoms with Crippen LogP contribution >= 0.6 is 0 Å². The van der Waals surface area contributed by atoms with E-state index in [1.54, 1.807) is 0 Å². The van der Waals surface area contributed by atoms with Crippen LogP contribution < -0.4 is 0 Å². The molecule has 0 heterocycles. The fourth-order valence-electron chi connectivity index (χ4n) is 1.26. The van der Waals surface area contributed by atoms with Gasteiger partial charge in [0.15, 0.2) is 0 Å². The van der Waals surface area contributed by atoms with Gasteiger partial charge in [-0.1, -0.05) is 12.8 Å². The standard InChI is InChI=1S/C10H21NO/c1-10(2,11(3)4)9(12)7-8-5-6-8/h8-9,12H,5-7H2,1-4H3. The average molecular weight is 171 g/mol. The zero-order chi connectivity index (χ0) is 9.35. The Labute approximate surface area is 75.6 Å². The highest BCUT2D eigenvalue weighted by molar-refractivity contribution is 4.89. The molecular weight excluding hydrogens is 150 g/mol. The molecule has 0 amide bonds. The molecule has 2 nitrogen and oxygen atoms in total. The molecule has 1 N–H and O–H groups in total. The van der Waals surface area contributed by atoms with Crippen LogP contribution in [0, 0.1) is 5.92 Å². The van der Waals surface area contributed by atoms with Crippen LogP contribution in [0.3, 0.4) is 0 Å². The maximum atomic E-state index is 9.92. The molecule has 1 rings (SSSR count). The normalized spacial score (nSPS) is 21.5. The highest BCUT2D eigenvalue weighted by Gasteiger charge is 2.34. The molecule has 1 aliphatic carbocycles. The number of aliphatic hydroxyl groups is 1. The van der Waals surface area contributed by atoms with Crippen molar-refractivity contribution in [2.75, 3.05) is 14.1 Å². The molecule has 1 fully saturated rings. The minimum atomic E-state index is -0.181. The maximum absolute atomic E-state index is 9.92. The van der Waals surface area contributed by atoms with Gasteiger partial charge in [-0.2, -0.15) is 0 Å². The van der Waals surface area contributed by atoms with Crippen molar-refractivity contribution in [3.63, 3.8) is 0 Å². The monoisotopic (exact) mass is 171 g/mol. The van der Waals surface area contributed by atoms with Gasteiger partial charge in [0.1, 0.15) is 0 Å². The molecule has 1 aliphatic rings. The lowest BCUT2D eigenvalue weighted by Gasteiger charge is -2.37. The lowest BCUT2D eigenvalue weighted by molar-refractivity contribution is 0.00903. The van der Waals surface area contributed by atoms with Gasteiger partial charge in [0.2, 0.25) is 0 Å². The molecule has 0 radical (unpaired) electrons. The van der Waals surface area contributed by atoms with E-state index in [2.05, 4.69) is 18.7 Å². The van der Waals surface area contributed by atoms with Gasteiger partial charge in [0, 0.05) is 5.54 Å². The molecule has 2 heteroatoms. The smallest absolute Gasteiger partial charge is 0.0720 e. The third-order valence-corrected chi connectivity index (χ3v) is 3.22. The van der Waals surface area contributed by atoms with Crippen LogP contribution in [-0.4, -0.2) is 35.7 Å². The Kier molecular flexibility index (Phi) is 2.79. The molecule has 0 saturated heterocycles. The number of nitrogens with zero attached hydrogens (tertiary/aromatic N) is 1. The third-order valence-electron chi connectivity index (χ3n) is 3.22. The van der Waals surface area contributed by atoms with Crippen LogP contribution in [-0.2, 0) is 0 Å². The minimum Gasteiger partial charge on any atom is -0.391 e. The Hall–Kier alpha value is -0.0800. The van der Waals surface area contributed by atoms with Gasteiger partial charge in [-0.3, -0.25) is 0 Å². The highest BCUT2D eigenvalue weighted by atomic mass is 16.3. The Balaban J connectivity index is 2.41. The van der Waals surface area contributed by atoms with Crippen molar-refractivity contribution < 1.29 is 5.11 Å². The zero-order valence-corrected chi connectivity index (χ0v) is 8.67. The first-order valence-electron chi connectivity index (χ1n) is 4.80. The molecule has 72 valence electrons. The fourth-order valence-corrected chi connectivity index (χ4v) is 1.26. The summed E-state index contributed by atoms with van der Waals surface area (Å²) in [6, 6.07) is 0. The maximum Gasteiger partial charge on any atom is 0.0720 e. The summed E-state index contributed by atoms with van der Waals surface area (Å²) in [5, 5.41) is 9.92. The summed E-state index contributed by atoms with van der Waals surface area (Å²) in [6.07, 6.45) is 3.44. The summed E-state index contributed by atoms with van der Waals surface area (Å²) >= 11 is 0. The van der Waals surface area contributed by atoms with E-state index in [1.165, 1.54) is 12.8 Å². The number of likely N-dealkylation sites (N-methyl/N-ethyl adjacent to an activating group) is 1. The summed E-state index contributed by atoms with van der Waals surface area (Å²) < 4.78 is 0. The molecular formula is C10H21NO. The summed E-state index contributed by atoms with van der Waals surface area (Å²) in [7, 11) is 4.05. The van der Waals surface area contributed by atoms with E-state index in [4.69, 9.17) is 0 Å². The van der Waals surface area contributed by atoms with Crippen molar-refractivity contribution in [1.29, 1.82) is 0 Å². The van der Waals surface area contributed by atoms with Gasteiger partial charge in [0.25, 0.3) is 0 Å². The van der Waals surface area contributed by atoms with E-state index < -0.39 is 0 Å². The first-order valence-corrected chi connectivity index (χ1v) is 4.80. The first-order chi connectivity index (χ1) is 5.44. The molecule has 0 aliphatic heterocycles. The van der Waals surface area contributed by atoms with Crippen molar-refractivity contribution in [3.8, 4) is 0 Å². The molecule has 1 saturated carbocycles. The molecule has 0 bridgehead atoms. The Morgan fingerprint density at radius 3 is 2.25 bits per heavy atom. The number of aliphatic hydroxyl groups excluding tert-OH is 1. The molecule has 0 aromatic carbocycles. The van der Waals surface area contributed by atoms with Crippen molar-refractivity contribution >= 4 is 0 Å². The molecule has 12 heavy (non-hydrogen) atoms. The van der Waals surface area contributed by atoms with E-state index >= 15 is 0 Å². The second kappa shape index (κ2) is 3.35. The van der Waals surface area contributed by atoms with E-state index in [0.717, 1.165) is 12.3 Å². The Morgan fingerprint density at radius 2 is 1.92 bits per heavy atom. The number of hydrogen-bond donors (Lipinski definition) is 1. The lowest BCUT2D eigenvalue weighted by atomic mass is 9.92. The van der Waals surface area contributed by atoms with E-state index in [9.17, 15) is 5.11 Å². The first kappa shape index (κ1) is 10.0. The van der Waals surface area contributed by atoms with Gasteiger partial charge >= 0.3 is 0 Å². The molecule has 0 aromatic heterocycles. The Morgan fingerprint density at radius 1 is 1.42 bits per heavy atom. The summed E-state index contributed by atoms with van der Waals surface area (Å²) in [4.78, 5) is 2.10. The summed E-state index contributed by atoms with van der Waals surface area (Å²) in [5.41, 5.74) is -0.0808. The van der Waals surface area contributed by atoms with Crippen LogP contribution in [0.5, 0.6) is 0 Å². The van der Waals surface area contributed by atoms with Gasteiger partial charge in [-0.05, 0) is 40.3 Å². The van der Waals surface area contributed by atoms with Crippen molar-refractivity contribution in [2.45, 2.75) is 44.8 Å². The third kappa shape index (κ3) is 2.20. The molecule has 1 atom stereocenters. The fraction of sp³-hybridized carbons (Fsp3) is 1.00. The van der Waals surface area contributed by atoms with Crippen LogP contribution in [0.25, 0.3) is 0 Å². The lowest BCUT2D eigenvalue weighted by Crippen LogP contribution is -2.48. The number of hydrogen-bond acceptors (Lipinski definition) is 2. The van der Waals surface area contributed by atoms with Crippen molar-refractivity contribution in [2.24, 2.45) is 5.92 Å². The van der Waals surface area contributed by atoms with E-state index in [-0.39, 0.29) is 11.6 Å².